The standard InChI is InChI=1S/C91H119N21O22S/c1-50-78(121)107-68(79(122)97-44-75(93)117)47-135-48-76(118)100-64(35-51-27-29-55(114)30-28-51)89(132)110-33-17-16-24-70(110)85(128)105-66(40-77(119)120)90(133)111-34-18-26-71(111)84(127)103-63(38-54-43-94-49-98-54)81(124)101-61(31-32-74(92)116)88(131)112-45-56(115)39-73(112)86(129)102-62(36-52-41-95-59-21-14-12-19-57(52)59)80(123)106-67(46-113)82(125)104-65(37-53-42-96-60-22-15-13-20-58(53)60)87(130)109(3)72-25-11-9-7-5-4-6-8-10-23-69(83(126)99-50)108(2)91(72)134/h4-5,12-15,19-22,27-30,41-43,49-50,56,61-73,95-96,113-115H,6-11,16-18,23-26,31-40,44-48H2,1-3H3,(H2,92,116)(H2,93,117)(H,94,98)(H,97,122)(H,99,126)(H,100,118)(H,101,124)(H,102,129)(H,103,127)(H,104,125)(H,105,128)(H,106,123)(H,107,121)(H,119,120)/b5-4-/t50-,56+,61-,62-,63-,64-,65-,66-,67-,68-,69-,70-,71-,72-,73-/m0/s1. The summed E-state index contributed by atoms with van der Waals surface area (Å²) in [6.45, 7) is -1.38. The number of nitrogens with two attached hydrogens (primary N) is 2. The minimum absolute atomic E-state index is 0.00566. The van der Waals surface area contributed by atoms with E-state index in [2.05, 4.69) is 73.1 Å². The molecule has 6 aromatic rings. The maximum absolute atomic E-state index is 15.8. The Kier molecular flexibility index (Phi) is 36.4. The highest BCUT2D eigenvalue weighted by Gasteiger charge is 2.47. The van der Waals surface area contributed by atoms with Crippen molar-refractivity contribution in [2.75, 3.05) is 58.4 Å². The van der Waals surface area contributed by atoms with Crippen LogP contribution in [-0.4, -0.2) is 320 Å². The molecule has 0 radical (unpaired) electrons. The summed E-state index contributed by atoms with van der Waals surface area (Å²) in [6, 6.07) is -2.76. The molecule has 8 heterocycles. The number of hydrogen-bond donors (Lipinski definition) is 19. The monoisotopic (exact) mass is 1890 g/mol. The number of para-hydroxylation sites is 2. The highest BCUT2D eigenvalue weighted by atomic mass is 32.2. The summed E-state index contributed by atoms with van der Waals surface area (Å²) in [5.41, 5.74) is 13.9. The minimum atomic E-state index is -1.92. The molecule has 3 aromatic carbocycles. The summed E-state index contributed by atoms with van der Waals surface area (Å²) in [6.07, 6.45) is 8.12. The number of likely N-dealkylation sites (N-methyl/N-ethyl adjacent to an activating group) is 2. The van der Waals surface area contributed by atoms with E-state index in [0.717, 1.165) is 26.5 Å². The first-order valence-corrected chi connectivity index (χ1v) is 46.4. The number of aromatic hydroxyl groups is 1. The van der Waals surface area contributed by atoms with Crippen LogP contribution in [0.4, 0.5) is 0 Å². The number of H-pyrrole nitrogens is 3. The maximum Gasteiger partial charge on any atom is 0.305 e. The topological polar surface area (TPSA) is 637 Å². The molecule has 0 saturated carbocycles. The Morgan fingerprint density at radius 1 is 0.504 bits per heavy atom. The Morgan fingerprint density at radius 3 is 1.62 bits per heavy atom. The van der Waals surface area contributed by atoms with E-state index in [-0.39, 0.29) is 82.3 Å². The van der Waals surface area contributed by atoms with Crippen LogP contribution in [0.5, 0.6) is 5.75 Å². The molecule has 4 fully saturated rings. The highest BCUT2D eigenvalue weighted by Crippen LogP contribution is 2.29. The fourth-order valence-electron chi connectivity index (χ4n) is 17.6. The molecule has 0 unspecified atom stereocenters. The van der Waals surface area contributed by atoms with Crippen LogP contribution in [0.15, 0.2) is 110 Å². The zero-order chi connectivity index (χ0) is 97.3. The third-order valence-electron chi connectivity index (χ3n) is 24.9. The molecule has 43 nitrogen and oxygen atoms in total. The first-order chi connectivity index (χ1) is 64.6. The lowest BCUT2D eigenvalue weighted by Crippen LogP contribution is -2.62. The summed E-state index contributed by atoms with van der Waals surface area (Å²) in [7, 11) is 2.72. The van der Waals surface area contributed by atoms with E-state index in [1.807, 2.05) is 12.2 Å². The van der Waals surface area contributed by atoms with Crippen molar-refractivity contribution >= 4 is 140 Å². The van der Waals surface area contributed by atoms with Gasteiger partial charge >= 0.3 is 5.97 Å². The van der Waals surface area contributed by atoms with Gasteiger partial charge in [0, 0.05) is 124 Å². The first-order valence-electron chi connectivity index (χ1n) is 45.2. The van der Waals surface area contributed by atoms with Gasteiger partial charge in [0.25, 0.3) is 0 Å². The van der Waals surface area contributed by atoms with Crippen LogP contribution in [0.2, 0.25) is 0 Å². The Labute approximate surface area is 780 Å². The number of rotatable bonds is 17. The number of carbonyl (C=O) groups excluding carboxylic acids is 17. The van der Waals surface area contributed by atoms with E-state index >= 15 is 38.4 Å². The fourth-order valence-corrected chi connectivity index (χ4v) is 18.5. The number of thioether (sulfide) groups is 1. The fraction of sp³-hybridized carbons (Fsp3) is 0.505. The molecule has 4 saturated heterocycles. The van der Waals surface area contributed by atoms with Gasteiger partial charge in [-0.1, -0.05) is 73.5 Å². The van der Waals surface area contributed by atoms with Crippen LogP contribution in [0, 0.1) is 0 Å². The quantitative estimate of drug-likeness (QED) is 0.0419. The number of primary amides is 2. The number of aromatic amines is 3. The minimum Gasteiger partial charge on any atom is -0.508 e. The van der Waals surface area contributed by atoms with Gasteiger partial charge in [0.15, 0.2) is 0 Å². The molecule has 0 spiro atoms. The number of imidazole rings is 1. The molecule has 5 aliphatic heterocycles. The van der Waals surface area contributed by atoms with Crippen molar-refractivity contribution in [1.29, 1.82) is 0 Å². The molecule has 5 aliphatic rings. The number of carbonyl (C=O) groups is 18. The van der Waals surface area contributed by atoms with Crippen LogP contribution in [-0.2, 0) is 112 Å². The number of aromatic nitrogens is 4. The molecule has 135 heavy (non-hydrogen) atoms. The van der Waals surface area contributed by atoms with Gasteiger partial charge in [-0.2, -0.15) is 0 Å². The molecule has 2 bridgehead atoms. The molecule has 0 aliphatic carbocycles. The van der Waals surface area contributed by atoms with Crippen molar-refractivity contribution < 1.29 is 107 Å². The van der Waals surface area contributed by atoms with Crippen molar-refractivity contribution in [1.82, 2.24) is 97.6 Å². The zero-order valence-electron chi connectivity index (χ0n) is 75.2. The predicted molar refractivity (Wildman–Crippen MR) is 488 cm³/mol. The number of hydrogen-bond acceptors (Lipinski definition) is 23. The zero-order valence-corrected chi connectivity index (χ0v) is 76.1. The largest absolute Gasteiger partial charge is 0.508 e. The molecule has 44 heteroatoms. The van der Waals surface area contributed by atoms with E-state index in [1.165, 1.54) is 67.6 Å². The van der Waals surface area contributed by atoms with Gasteiger partial charge in [-0.15, -0.1) is 11.8 Å². The summed E-state index contributed by atoms with van der Waals surface area (Å²) < 4.78 is 0. The number of aliphatic hydroxyl groups excluding tert-OH is 2. The van der Waals surface area contributed by atoms with E-state index < -0.39 is 254 Å². The van der Waals surface area contributed by atoms with E-state index in [0.29, 0.717) is 89.9 Å². The number of benzene rings is 3. The number of nitrogens with one attached hydrogen (secondary N) is 13. The van der Waals surface area contributed by atoms with Crippen LogP contribution in [0.3, 0.4) is 0 Å². The number of nitrogens with zero attached hydrogens (tertiary/aromatic N) is 6. The Morgan fingerprint density at radius 2 is 1.01 bits per heavy atom. The number of carboxylic acid groups (broad SMARTS) is 1. The number of phenolic OH excluding ortho intramolecular Hbond substituents is 1. The molecule has 11 rings (SSSR count). The van der Waals surface area contributed by atoms with E-state index in [9.17, 15) is 68.4 Å². The van der Waals surface area contributed by atoms with E-state index in [4.69, 9.17) is 11.5 Å². The van der Waals surface area contributed by atoms with Gasteiger partial charge in [0.2, 0.25) is 100 Å². The molecule has 17 amide bonds. The number of fused-ring (bicyclic) bond motifs is 8. The second-order valence-corrected chi connectivity index (χ2v) is 35.7. The van der Waals surface area contributed by atoms with Gasteiger partial charge in [-0.05, 0) is 125 Å². The Balaban J connectivity index is 0.944. The van der Waals surface area contributed by atoms with Crippen molar-refractivity contribution in [3.8, 4) is 5.75 Å². The van der Waals surface area contributed by atoms with Crippen molar-refractivity contribution in [3.05, 3.63) is 132 Å². The predicted octanol–water partition coefficient (Wildman–Crippen LogP) is -2.51. The number of allylic oxidation sites excluding steroid dienone is 2. The van der Waals surface area contributed by atoms with Crippen LogP contribution >= 0.6 is 11.8 Å². The van der Waals surface area contributed by atoms with Gasteiger partial charge in [-0.3, -0.25) is 86.3 Å². The molecular formula is C91H119N21O22S. The summed E-state index contributed by atoms with van der Waals surface area (Å²) >= 11 is 0.785. The van der Waals surface area contributed by atoms with Crippen LogP contribution < -0.4 is 64.6 Å². The summed E-state index contributed by atoms with van der Waals surface area (Å²) in [5, 5.41) is 70.6. The first kappa shape index (κ1) is 102. The molecular weight excluding hydrogens is 1770 g/mol. The smallest absolute Gasteiger partial charge is 0.305 e. The van der Waals surface area contributed by atoms with Gasteiger partial charge < -0.3 is 125 Å². The van der Waals surface area contributed by atoms with Crippen molar-refractivity contribution in [3.63, 3.8) is 0 Å². The summed E-state index contributed by atoms with van der Waals surface area (Å²) in [4.78, 5) is 281. The number of phenols is 1. The van der Waals surface area contributed by atoms with Gasteiger partial charge in [0.1, 0.15) is 90.3 Å². The number of aliphatic carboxylic acids is 1. The highest BCUT2D eigenvalue weighted by molar-refractivity contribution is 8.00. The van der Waals surface area contributed by atoms with E-state index in [1.54, 1.807) is 60.9 Å². The number of carboxylic acids is 1. The Hall–Kier alpha value is -13.8. The molecule has 21 N–H and O–H groups in total. The van der Waals surface area contributed by atoms with Crippen molar-refractivity contribution in [2.45, 2.75) is 232 Å². The molecule has 15 atom stereocenters. The normalized spacial score (nSPS) is 26.4. The Bertz CT molecular complexity index is 5340. The van der Waals surface area contributed by atoms with Gasteiger partial charge in [0.05, 0.1) is 37.8 Å². The lowest BCUT2D eigenvalue weighted by molar-refractivity contribution is -0.149. The number of amides is 17. The number of piperidine rings is 1. The van der Waals surface area contributed by atoms with Crippen LogP contribution in [0.25, 0.3) is 21.8 Å². The third kappa shape index (κ3) is 27.5. The number of aliphatic hydroxyl groups is 2. The average molecular weight is 1890 g/mol. The van der Waals surface area contributed by atoms with Gasteiger partial charge in [-0.25, -0.2) is 4.98 Å². The molecule has 3 aromatic heterocycles. The lowest BCUT2D eigenvalue weighted by Gasteiger charge is -2.38. The van der Waals surface area contributed by atoms with Crippen LogP contribution in [0.1, 0.15) is 138 Å². The van der Waals surface area contributed by atoms with Crippen molar-refractivity contribution in [2.24, 2.45) is 11.5 Å². The average Bonchev–Trinajstić information content (AvgIpc) is 1.60. The summed E-state index contributed by atoms with van der Waals surface area (Å²) in [5.74, 6) is -19.0. The lowest BCUT2D eigenvalue weighted by atomic mass is 9.97. The second-order valence-electron chi connectivity index (χ2n) is 34.6. The molecule has 726 valence electrons. The second kappa shape index (κ2) is 48.2. The SMILES string of the molecule is C[C@@H]1NC(=O)[C@@H]2CCCC/C=C\CCCC[C@@H](C(=O)N2C)N(C)C(=O)[C@H](Cc2c[nH]c3ccccc23)NC(=O)[C@H](CO)NC(=O)[C@H](Cc2c[nH]c3ccccc23)NC(=O)[C@@H]2C[C@@H](O)CN2C(=O)[C@H](CCC(N)=O)NC(=O)[C@H](Cc2cnc[nH]2)NC(=O)[C@@H]2CCCN2C(=O)[C@H](CC(=O)O)NC(=O)[C@@H]2CCCCN2C(=O)[C@H](Cc2ccc(O)cc2)NC(=O)CSC[C@@H](C(=O)NCC(N)=O)NC1=O. The third-order valence-corrected chi connectivity index (χ3v) is 25.9. The maximum atomic E-state index is 15.8.